The van der Waals surface area contributed by atoms with E-state index in [0.717, 1.165) is 83.0 Å². The van der Waals surface area contributed by atoms with Crippen molar-refractivity contribution in [1.82, 2.24) is 9.97 Å². The van der Waals surface area contributed by atoms with Crippen LogP contribution in [-0.4, -0.2) is 9.97 Å². The molecule has 0 atom stereocenters. The van der Waals surface area contributed by atoms with Crippen molar-refractivity contribution in [2.75, 3.05) is 0 Å². The molecule has 1 heterocycles. The van der Waals surface area contributed by atoms with E-state index in [4.69, 9.17) is 9.97 Å². The maximum absolute atomic E-state index is 9.67. The molecule has 0 saturated carbocycles. The Morgan fingerprint density at radius 3 is 1.32 bits per heavy atom. The predicted molar refractivity (Wildman–Crippen MR) is 272 cm³/mol. The Morgan fingerprint density at radius 1 is 0.288 bits per heavy atom. The van der Waals surface area contributed by atoms with E-state index in [1.807, 2.05) is 48.5 Å². The van der Waals surface area contributed by atoms with Crippen molar-refractivity contribution in [3.8, 4) is 79.3 Å². The summed E-state index contributed by atoms with van der Waals surface area (Å²) in [4.78, 5) is 11.1. The third-order valence-corrected chi connectivity index (χ3v) is 12.9. The molecule has 0 amide bonds. The molecule has 0 fully saturated rings. The van der Waals surface area contributed by atoms with Gasteiger partial charge in [0.05, 0.1) is 34.5 Å². The zero-order valence-electron chi connectivity index (χ0n) is 35.6. The summed E-state index contributed by atoms with van der Waals surface area (Å²) < 4.78 is 0. The maximum Gasteiger partial charge on any atom is 0.160 e. The molecule has 4 heteroatoms. The van der Waals surface area contributed by atoms with Crippen molar-refractivity contribution >= 4 is 54.0 Å². The number of fused-ring (bicyclic) bond motifs is 7. The summed E-state index contributed by atoms with van der Waals surface area (Å²) in [7, 11) is 0. The second-order valence-electron chi connectivity index (χ2n) is 16.7. The standard InChI is InChI=1S/C62H36N4/c63-37-39-11-9-15-45(31-39)41-23-27-43(28-24-41)60-59-36-49(56-33-47-13-1-3-17-50(47)52-19-5-7-21-54(52)56)35-58(57-34-48-14-2-4-18-51(48)53-20-6-8-22-55(53)57)61(59)66-62(65-60)44-29-25-42(26-30-44)46-16-10-12-40(32-46)38-64/h1-36H. The summed E-state index contributed by atoms with van der Waals surface area (Å²) in [6, 6.07) is 80.6. The third-order valence-electron chi connectivity index (χ3n) is 12.9. The van der Waals surface area contributed by atoms with Crippen LogP contribution in [0.4, 0.5) is 0 Å². The van der Waals surface area contributed by atoms with E-state index in [0.29, 0.717) is 17.0 Å². The van der Waals surface area contributed by atoms with E-state index >= 15 is 0 Å². The molecule has 4 nitrogen and oxygen atoms in total. The SMILES string of the molecule is N#Cc1cccc(-c2ccc(-c3nc(-c4ccc(-c5cccc(C#N)c5)cc4)c4cc(-c5cc6ccccc6c6ccccc56)cc(-c5cc6ccccc6c6ccccc56)c4n3)cc2)c1. The molecule has 0 saturated heterocycles. The molecule has 11 aromatic carbocycles. The zero-order chi connectivity index (χ0) is 44.1. The number of hydrogen-bond acceptors (Lipinski definition) is 4. The molecule has 0 aliphatic heterocycles. The van der Waals surface area contributed by atoms with Gasteiger partial charge in [0, 0.05) is 22.1 Å². The molecular formula is C62H36N4. The largest absolute Gasteiger partial charge is 0.227 e. The van der Waals surface area contributed by atoms with Crippen LogP contribution in [0.25, 0.3) is 121 Å². The van der Waals surface area contributed by atoms with Crippen LogP contribution in [0.5, 0.6) is 0 Å². The number of nitriles is 2. The van der Waals surface area contributed by atoms with Crippen molar-refractivity contribution in [3.63, 3.8) is 0 Å². The van der Waals surface area contributed by atoms with Gasteiger partial charge in [0.15, 0.2) is 5.82 Å². The van der Waals surface area contributed by atoms with Crippen molar-refractivity contribution in [2.24, 2.45) is 0 Å². The first kappa shape index (κ1) is 38.5. The van der Waals surface area contributed by atoms with Crippen LogP contribution in [0.15, 0.2) is 218 Å². The Labute approximate surface area is 381 Å². The van der Waals surface area contributed by atoms with Gasteiger partial charge in [-0.2, -0.15) is 10.5 Å². The average molecular weight is 837 g/mol. The Balaban J connectivity index is 1.17. The van der Waals surface area contributed by atoms with Crippen LogP contribution in [-0.2, 0) is 0 Å². The van der Waals surface area contributed by atoms with Crippen LogP contribution >= 0.6 is 0 Å². The van der Waals surface area contributed by atoms with Gasteiger partial charge >= 0.3 is 0 Å². The van der Waals surface area contributed by atoms with Gasteiger partial charge in [0.25, 0.3) is 0 Å². The third kappa shape index (κ3) is 6.61. The van der Waals surface area contributed by atoms with Crippen molar-refractivity contribution < 1.29 is 0 Å². The predicted octanol–water partition coefficient (Wildman–Crippen LogP) is 16.0. The van der Waals surface area contributed by atoms with E-state index in [-0.39, 0.29) is 0 Å². The summed E-state index contributed by atoms with van der Waals surface area (Å²) in [6.07, 6.45) is 0. The molecule has 0 unspecified atom stereocenters. The number of benzene rings is 11. The summed E-state index contributed by atoms with van der Waals surface area (Å²) in [5, 5.41) is 29.7. The van der Waals surface area contributed by atoms with Gasteiger partial charge in [-0.1, -0.05) is 170 Å². The topological polar surface area (TPSA) is 73.4 Å². The first-order chi connectivity index (χ1) is 32.6. The summed E-state index contributed by atoms with van der Waals surface area (Å²) >= 11 is 0. The van der Waals surface area contributed by atoms with Crippen molar-refractivity contribution in [1.29, 1.82) is 10.5 Å². The van der Waals surface area contributed by atoms with E-state index in [2.05, 4.69) is 182 Å². The molecular weight excluding hydrogens is 801 g/mol. The fourth-order valence-corrected chi connectivity index (χ4v) is 9.68. The van der Waals surface area contributed by atoms with Crippen molar-refractivity contribution in [2.45, 2.75) is 0 Å². The highest BCUT2D eigenvalue weighted by Crippen LogP contribution is 2.45. The highest BCUT2D eigenvalue weighted by Gasteiger charge is 2.21. The van der Waals surface area contributed by atoms with Gasteiger partial charge in [0.1, 0.15) is 0 Å². The molecule has 12 aromatic rings. The first-order valence-electron chi connectivity index (χ1n) is 22.0. The van der Waals surface area contributed by atoms with Gasteiger partial charge in [-0.25, -0.2) is 9.97 Å². The second-order valence-corrected chi connectivity index (χ2v) is 16.7. The van der Waals surface area contributed by atoms with E-state index < -0.39 is 0 Å². The molecule has 66 heavy (non-hydrogen) atoms. The first-order valence-corrected chi connectivity index (χ1v) is 22.0. The normalized spacial score (nSPS) is 11.3. The summed E-state index contributed by atoms with van der Waals surface area (Å²) in [6.45, 7) is 0. The van der Waals surface area contributed by atoms with E-state index in [9.17, 15) is 10.5 Å². The number of nitrogens with zero attached hydrogens (tertiary/aromatic N) is 4. The lowest BCUT2D eigenvalue weighted by Crippen LogP contribution is -1.99. The van der Waals surface area contributed by atoms with Gasteiger partial charge in [-0.05, 0) is 131 Å². The number of aromatic nitrogens is 2. The van der Waals surface area contributed by atoms with Crippen LogP contribution in [0, 0.1) is 22.7 Å². The highest BCUT2D eigenvalue weighted by molar-refractivity contribution is 6.19. The molecule has 1 aromatic heterocycles. The Hall–Kier alpha value is -9.22. The molecule has 0 N–H and O–H groups in total. The highest BCUT2D eigenvalue weighted by atomic mass is 14.9. The Morgan fingerprint density at radius 2 is 0.758 bits per heavy atom. The van der Waals surface area contributed by atoms with Gasteiger partial charge < -0.3 is 0 Å². The minimum absolute atomic E-state index is 0.607. The monoisotopic (exact) mass is 836 g/mol. The molecule has 0 spiro atoms. The minimum atomic E-state index is 0.607. The van der Waals surface area contributed by atoms with Gasteiger partial charge in [-0.15, -0.1) is 0 Å². The van der Waals surface area contributed by atoms with Crippen LogP contribution in [0.2, 0.25) is 0 Å². The number of hydrogen-bond donors (Lipinski definition) is 0. The van der Waals surface area contributed by atoms with Crippen molar-refractivity contribution in [3.05, 3.63) is 230 Å². The molecule has 0 aliphatic rings. The summed E-state index contributed by atoms with van der Waals surface area (Å²) in [5.41, 5.74) is 13.0. The lowest BCUT2D eigenvalue weighted by atomic mass is 9.87. The molecule has 0 radical (unpaired) electrons. The molecule has 12 rings (SSSR count). The maximum atomic E-state index is 9.67. The summed E-state index contributed by atoms with van der Waals surface area (Å²) in [5.74, 6) is 0.607. The van der Waals surface area contributed by atoms with Gasteiger partial charge in [-0.3, -0.25) is 0 Å². The van der Waals surface area contributed by atoms with Gasteiger partial charge in [0.2, 0.25) is 0 Å². The second kappa shape index (κ2) is 15.8. The van der Waals surface area contributed by atoms with E-state index in [1.165, 1.54) is 32.3 Å². The lowest BCUT2D eigenvalue weighted by Gasteiger charge is -2.18. The zero-order valence-corrected chi connectivity index (χ0v) is 35.6. The lowest BCUT2D eigenvalue weighted by molar-refractivity contribution is 1.23. The van der Waals surface area contributed by atoms with Crippen LogP contribution < -0.4 is 0 Å². The van der Waals surface area contributed by atoms with Crippen LogP contribution in [0.3, 0.4) is 0 Å². The fourth-order valence-electron chi connectivity index (χ4n) is 9.68. The number of rotatable bonds is 6. The quantitative estimate of drug-likeness (QED) is 0.156. The van der Waals surface area contributed by atoms with Crippen LogP contribution in [0.1, 0.15) is 11.1 Å². The fraction of sp³-hybridized carbons (Fsp3) is 0. The Bertz CT molecular complexity index is 4000. The molecule has 304 valence electrons. The molecule has 0 bridgehead atoms. The Kier molecular flexibility index (Phi) is 9.23. The molecule has 0 aliphatic carbocycles. The smallest absolute Gasteiger partial charge is 0.160 e. The van der Waals surface area contributed by atoms with E-state index in [1.54, 1.807) is 0 Å². The average Bonchev–Trinajstić information content (AvgIpc) is 3.40. The minimum Gasteiger partial charge on any atom is -0.227 e.